The van der Waals surface area contributed by atoms with Gasteiger partial charge < -0.3 is 4.74 Å². The predicted molar refractivity (Wildman–Crippen MR) is 60.8 cm³/mol. The first kappa shape index (κ1) is 10.6. The number of hydrogen-bond acceptors (Lipinski definition) is 5. The predicted octanol–water partition coefficient (Wildman–Crippen LogP) is 2.73. The Morgan fingerprint density at radius 1 is 1.38 bits per heavy atom. The summed E-state index contributed by atoms with van der Waals surface area (Å²) in [6, 6.07) is 6.75. The first-order chi connectivity index (χ1) is 7.70. The van der Waals surface area contributed by atoms with E-state index in [2.05, 4.69) is 4.98 Å². The van der Waals surface area contributed by atoms with Gasteiger partial charge in [-0.2, -0.15) is 0 Å². The standard InChI is InChI=1S/C10H8N2O3S/c1-15-9-4-2-7(6-11-9)8-3-5-10(16-8)12(13)14/h2-6H,1H3. The van der Waals surface area contributed by atoms with Gasteiger partial charge in [-0.05, 0) is 12.1 Å². The number of ether oxygens (including phenoxy) is 1. The lowest BCUT2D eigenvalue weighted by Crippen LogP contribution is -1.85. The van der Waals surface area contributed by atoms with Gasteiger partial charge in [-0.25, -0.2) is 4.98 Å². The Morgan fingerprint density at radius 3 is 2.69 bits per heavy atom. The molecule has 16 heavy (non-hydrogen) atoms. The van der Waals surface area contributed by atoms with Gasteiger partial charge in [-0.3, -0.25) is 10.1 Å². The van der Waals surface area contributed by atoms with E-state index in [1.54, 1.807) is 18.3 Å². The van der Waals surface area contributed by atoms with E-state index in [0.29, 0.717) is 5.88 Å². The Morgan fingerprint density at radius 2 is 2.19 bits per heavy atom. The Balaban J connectivity index is 2.31. The van der Waals surface area contributed by atoms with Crippen molar-refractivity contribution in [2.45, 2.75) is 0 Å². The molecule has 0 saturated carbocycles. The van der Waals surface area contributed by atoms with Crippen LogP contribution in [0, 0.1) is 10.1 Å². The van der Waals surface area contributed by atoms with Crippen molar-refractivity contribution < 1.29 is 9.66 Å². The van der Waals surface area contributed by atoms with E-state index in [-0.39, 0.29) is 5.00 Å². The minimum Gasteiger partial charge on any atom is -0.481 e. The minimum atomic E-state index is -0.398. The van der Waals surface area contributed by atoms with Crippen molar-refractivity contribution in [3.05, 3.63) is 40.6 Å². The SMILES string of the molecule is COc1ccc(-c2ccc([N+](=O)[O-])s2)cn1. The van der Waals surface area contributed by atoms with Crippen LogP contribution in [-0.2, 0) is 0 Å². The molecule has 0 amide bonds. The average molecular weight is 236 g/mol. The highest BCUT2D eigenvalue weighted by molar-refractivity contribution is 7.18. The molecule has 0 N–H and O–H groups in total. The van der Waals surface area contributed by atoms with Gasteiger partial charge in [0.05, 0.1) is 12.0 Å². The quantitative estimate of drug-likeness (QED) is 0.607. The zero-order chi connectivity index (χ0) is 11.5. The number of nitrogens with zero attached hydrogens (tertiary/aromatic N) is 2. The summed E-state index contributed by atoms with van der Waals surface area (Å²) in [5, 5.41) is 10.7. The molecule has 0 bridgehead atoms. The average Bonchev–Trinajstić information content (AvgIpc) is 2.78. The molecule has 0 aliphatic carbocycles. The Hall–Kier alpha value is -1.95. The van der Waals surface area contributed by atoms with Crippen molar-refractivity contribution in [1.82, 2.24) is 4.98 Å². The van der Waals surface area contributed by atoms with Crippen molar-refractivity contribution in [2.24, 2.45) is 0 Å². The van der Waals surface area contributed by atoms with Crippen LogP contribution < -0.4 is 4.74 Å². The molecule has 0 atom stereocenters. The second kappa shape index (κ2) is 4.28. The van der Waals surface area contributed by atoms with Crippen molar-refractivity contribution in [1.29, 1.82) is 0 Å². The van der Waals surface area contributed by atoms with Gasteiger partial charge in [0.2, 0.25) is 5.88 Å². The fraction of sp³-hybridized carbons (Fsp3) is 0.100. The maximum Gasteiger partial charge on any atom is 0.324 e. The molecule has 0 spiro atoms. The second-order valence-corrected chi connectivity index (χ2v) is 4.05. The highest BCUT2D eigenvalue weighted by Gasteiger charge is 2.11. The summed E-state index contributed by atoms with van der Waals surface area (Å²) in [4.78, 5) is 15.0. The van der Waals surface area contributed by atoms with Gasteiger partial charge in [0.15, 0.2) is 0 Å². The van der Waals surface area contributed by atoms with Crippen LogP contribution in [0.25, 0.3) is 10.4 Å². The van der Waals surface area contributed by atoms with E-state index < -0.39 is 4.92 Å². The summed E-state index contributed by atoms with van der Waals surface area (Å²) < 4.78 is 4.93. The highest BCUT2D eigenvalue weighted by atomic mass is 32.1. The lowest BCUT2D eigenvalue weighted by atomic mass is 10.2. The third kappa shape index (κ3) is 2.01. The molecule has 0 fully saturated rings. The second-order valence-electron chi connectivity index (χ2n) is 2.98. The monoisotopic (exact) mass is 236 g/mol. The van der Waals surface area contributed by atoms with Crippen LogP contribution >= 0.6 is 11.3 Å². The van der Waals surface area contributed by atoms with E-state index in [1.807, 2.05) is 6.07 Å². The first-order valence-corrected chi connectivity index (χ1v) is 5.27. The number of rotatable bonds is 3. The van der Waals surface area contributed by atoms with Crippen LogP contribution in [0.4, 0.5) is 5.00 Å². The number of thiophene rings is 1. The number of nitro groups is 1. The van der Waals surface area contributed by atoms with Crippen LogP contribution in [0.2, 0.25) is 0 Å². The lowest BCUT2D eigenvalue weighted by molar-refractivity contribution is -0.380. The number of methoxy groups -OCH3 is 1. The van der Waals surface area contributed by atoms with E-state index in [0.717, 1.165) is 21.8 Å². The molecular formula is C10H8N2O3S. The molecule has 0 unspecified atom stereocenters. The number of hydrogen-bond donors (Lipinski definition) is 0. The largest absolute Gasteiger partial charge is 0.481 e. The van der Waals surface area contributed by atoms with Gasteiger partial charge in [-0.15, -0.1) is 0 Å². The molecule has 0 radical (unpaired) electrons. The maximum atomic E-state index is 10.5. The molecule has 0 aliphatic rings. The third-order valence-electron chi connectivity index (χ3n) is 2.00. The molecule has 0 saturated heterocycles. The summed E-state index contributed by atoms with van der Waals surface area (Å²) >= 11 is 1.13. The molecule has 0 aliphatic heterocycles. The Bertz CT molecular complexity index is 507. The Labute approximate surface area is 95.5 Å². The normalized spacial score (nSPS) is 10.1. The zero-order valence-electron chi connectivity index (χ0n) is 8.41. The van der Waals surface area contributed by atoms with Crippen molar-refractivity contribution in [3.8, 4) is 16.3 Å². The van der Waals surface area contributed by atoms with Crippen molar-refractivity contribution in [2.75, 3.05) is 7.11 Å². The summed E-state index contributed by atoms with van der Waals surface area (Å²) in [6.07, 6.45) is 1.63. The van der Waals surface area contributed by atoms with Crippen LogP contribution in [0.3, 0.4) is 0 Å². The van der Waals surface area contributed by atoms with Crippen molar-refractivity contribution in [3.63, 3.8) is 0 Å². The van der Waals surface area contributed by atoms with E-state index >= 15 is 0 Å². The molecular weight excluding hydrogens is 228 g/mol. The van der Waals surface area contributed by atoms with Crippen LogP contribution in [0.15, 0.2) is 30.5 Å². The fourth-order valence-corrected chi connectivity index (χ4v) is 2.04. The van der Waals surface area contributed by atoms with Crippen LogP contribution in [0.1, 0.15) is 0 Å². The molecule has 2 heterocycles. The smallest absolute Gasteiger partial charge is 0.324 e. The molecule has 6 heteroatoms. The Kier molecular flexibility index (Phi) is 2.82. The molecule has 0 aromatic carbocycles. The molecule has 5 nitrogen and oxygen atoms in total. The zero-order valence-corrected chi connectivity index (χ0v) is 9.23. The molecule has 2 aromatic heterocycles. The maximum absolute atomic E-state index is 10.5. The first-order valence-electron chi connectivity index (χ1n) is 4.45. The number of aromatic nitrogens is 1. The molecule has 82 valence electrons. The van der Waals surface area contributed by atoms with Gasteiger partial charge >= 0.3 is 5.00 Å². The summed E-state index contributed by atoms with van der Waals surface area (Å²) in [5.41, 5.74) is 0.846. The fourth-order valence-electron chi connectivity index (χ4n) is 1.23. The van der Waals surface area contributed by atoms with Crippen LogP contribution in [0.5, 0.6) is 5.88 Å². The van der Waals surface area contributed by atoms with Gasteiger partial charge in [0.25, 0.3) is 0 Å². The molecule has 2 rings (SSSR count). The number of pyridine rings is 1. The summed E-state index contributed by atoms with van der Waals surface area (Å²) in [5.74, 6) is 0.523. The minimum absolute atomic E-state index is 0.130. The third-order valence-corrected chi connectivity index (χ3v) is 3.09. The highest BCUT2D eigenvalue weighted by Crippen LogP contribution is 2.32. The lowest BCUT2D eigenvalue weighted by Gasteiger charge is -1.99. The summed E-state index contributed by atoms with van der Waals surface area (Å²) in [6.45, 7) is 0. The van der Waals surface area contributed by atoms with E-state index in [1.165, 1.54) is 13.2 Å². The van der Waals surface area contributed by atoms with Crippen molar-refractivity contribution >= 4 is 16.3 Å². The van der Waals surface area contributed by atoms with E-state index in [9.17, 15) is 10.1 Å². The van der Waals surface area contributed by atoms with Crippen LogP contribution in [-0.4, -0.2) is 17.0 Å². The van der Waals surface area contributed by atoms with E-state index in [4.69, 9.17) is 4.74 Å². The van der Waals surface area contributed by atoms with Gasteiger partial charge in [-0.1, -0.05) is 11.3 Å². The topological polar surface area (TPSA) is 65.3 Å². The molecule has 2 aromatic rings. The van der Waals surface area contributed by atoms with Gasteiger partial charge in [0.1, 0.15) is 0 Å². The van der Waals surface area contributed by atoms with Gasteiger partial charge in [0, 0.05) is 28.8 Å². The summed E-state index contributed by atoms with van der Waals surface area (Å²) in [7, 11) is 1.54.